The maximum atomic E-state index is 12.8. The maximum absolute atomic E-state index is 12.8. The number of primary amides is 1. The van der Waals surface area contributed by atoms with Gasteiger partial charge in [0.2, 0.25) is 0 Å². The largest absolute Gasteiger partial charge is 0.496 e. The molecule has 1 aromatic heterocycles. The number of benzene rings is 1. The SMILES string of the molecule is COc1ccccc1-c1sc(C(N)=O)nc1C(=O)[CH][C@H]1CCCCN1. The number of ketones is 1. The summed E-state index contributed by atoms with van der Waals surface area (Å²) >= 11 is 1.11. The van der Waals surface area contributed by atoms with Crippen LogP contribution < -0.4 is 15.8 Å². The zero-order valence-corrected chi connectivity index (χ0v) is 14.8. The number of thiazole rings is 1. The van der Waals surface area contributed by atoms with Crippen LogP contribution in [-0.4, -0.2) is 36.4 Å². The smallest absolute Gasteiger partial charge is 0.277 e. The minimum absolute atomic E-state index is 0.0329. The Kier molecular flexibility index (Phi) is 5.45. The highest BCUT2D eigenvalue weighted by Gasteiger charge is 2.26. The van der Waals surface area contributed by atoms with E-state index >= 15 is 0 Å². The lowest BCUT2D eigenvalue weighted by Gasteiger charge is -2.22. The zero-order chi connectivity index (χ0) is 17.8. The highest BCUT2D eigenvalue weighted by Crippen LogP contribution is 2.37. The first kappa shape index (κ1) is 17.6. The summed E-state index contributed by atoms with van der Waals surface area (Å²) in [6.07, 6.45) is 4.78. The molecule has 3 N–H and O–H groups in total. The van der Waals surface area contributed by atoms with Gasteiger partial charge in [0.05, 0.1) is 18.4 Å². The molecule has 0 saturated carbocycles. The van der Waals surface area contributed by atoms with Gasteiger partial charge in [-0.05, 0) is 31.5 Å². The molecule has 1 amide bonds. The van der Waals surface area contributed by atoms with E-state index in [0.717, 1.165) is 42.7 Å². The lowest BCUT2D eigenvalue weighted by molar-refractivity contribution is 0.0999. The summed E-state index contributed by atoms with van der Waals surface area (Å²) in [4.78, 5) is 29.2. The molecular formula is C18H20N3O3S. The summed E-state index contributed by atoms with van der Waals surface area (Å²) in [6.45, 7) is 0.900. The number of nitrogens with zero attached hydrogens (tertiary/aromatic N) is 1. The second-order valence-electron chi connectivity index (χ2n) is 5.85. The quantitative estimate of drug-likeness (QED) is 0.774. The van der Waals surface area contributed by atoms with E-state index in [9.17, 15) is 9.59 Å². The van der Waals surface area contributed by atoms with Gasteiger partial charge in [0.25, 0.3) is 5.91 Å². The van der Waals surface area contributed by atoms with Crippen molar-refractivity contribution in [2.24, 2.45) is 5.73 Å². The predicted molar refractivity (Wildman–Crippen MR) is 96.9 cm³/mol. The molecule has 131 valence electrons. The highest BCUT2D eigenvalue weighted by molar-refractivity contribution is 7.17. The van der Waals surface area contributed by atoms with Crippen molar-refractivity contribution < 1.29 is 14.3 Å². The molecule has 3 rings (SSSR count). The summed E-state index contributed by atoms with van der Waals surface area (Å²) in [6, 6.07) is 7.37. The van der Waals surface area contributed by atoms with Crippen molar-refractivity contribution in [2.45, 2.75) is 25.3 Å². The maximum Gasteiger partial charge on any atom is 0.277 e. The van der Waals surface area contributed by atoms with Crippen LogP contribution in [0.25, 0.3) is 10.4 Å². The van der Waals surface area contributed by atoms with Crippen LogP contribution in [0.4, 0.5) is 0 Å². The fourth-order valence-corrected chi connectivity index (χ4v) is 3.84. The van der Waals surface area contributed by atoms with Crippen LogP contribution in [0.5, 0.6) is 5.75 Å². The van der Waals surface area contributed by atoms with Crippen LogP contribution in [-0.2, 0) is 0 Å². The van der Waals surface area contributed by atoms with Gasteiger partial charge in [-0.25, -0.2) is 4.98 Å². The molecule has 1 radical (unpaired) electrons. The molecule has 7 heteroatoms. The molecule has 1 saturated heterocycles. The molecular weight excluding hydrogens is 338 g/mol. The number of amides is 1. The molecule has 0 unspecified atom stereocenters. The Labute approximate surface area is 150 Å². The molecule has 0 aliphatic carbocycles. The van der Waals surface area contributed by atoms with E-state index in [1.165, 1.54) is 0 Å². The van der Waals surface area contributed by atoms with E-state index in [-0.39, 0.29) is 22.5 Å². The van der Waals surface area contributed by atoms with E-state index in [2.05, 4.69) is 10.3 Å². The van der Waals surface area contributed by atoms with Crippen molar-refractivity contribution in [1.29, 1.82) is 0 Å². The first-order valence-corrected chi connectivity index (χ1v) is 8.98. The summed E-state index contributed by atoms with van der Waals surface area (Å²) < 4.78 is 5.38. The summed E-state index contributed by atoms with van der Waals surface area (Å²) in [5.74, 6) is -0.230. The number of carbonyl (C=O) groups excluding carboxylic acids is 2. The van der Waals surface area contributed by atoms with Gasteiger partial charge in [0.15, 0.2) is 10.8 Å². The molecule has 2 heterocycles. The first-order chi connectivity index (χ1) is 12.1. The van der Waals surface area contributed by atoms with Gasteiger partial charge >= 0.3 is 0 Å². The average Bonchev–Trinajstić information content (AvgIpc) is 3.08. The number of aromatic nitrogens is 1. The number of methoxy groups -OCH3 is 1. The highest BCUT2D eigenvalue weighted by atomic mass is 32.1. The van der Waals surface area contributed by atoms with E-state index < -0.39 is 5.91 Å². The van der Waals surface area contributed by atoms with E-state index in [1.807, 2.05) is 18.2 Å². The zero-order valence-electron chi connectivity index (χ0n) is 14.0. The number of carbonyl (C=O) groups is 2. The predicted octanol–water partition coefficient (Wildman–Crippen LogP) is 2.45. The second kappa shape index (κ2) is 7.76. The number of nitrogens with two attached hydrogens (primary N) is 1. The molecule has 0 bridgehead atoms. The molecule has 25 heavy (non-hydrogen) atoms. The second-order valence-corrected chi connectivity index (χ2v) is 6.85. The van der Waals surface area contributed by atoms with Crippen molar-refractivity contribution in [1.82, 2.24) is 10.3 Å². The average molecular weight is 358 g/mol. The van der Waals surface area contributed by atoms with Crippen molar-refractivity contribution >= 4 is 23.0 Å². The lowest BCUT2D eigenvalue weighted by atomic mass is 9.98. The standard InChI is InChI=1S/C18H20N3O3S/c1-24-14-8-3-2-7-12(14)16-15(21-18(25-16)17(19)23)13(22)10-11-6-4-5-9-20-11/h2-3,7-8,10-11,20H,4-6,9H2,1H3,(H2,19,23)/t11-/m1/s1. The van der Waals surface area contributed by atoms with Crippen LogP contribution in [0.3, 0.4) is 0 Å². The van der Waals surface area contributed by atoms with E-state index in [1.54, 1.807) is 19.6 Å². The minimum atomic E-state index is -0.643. The fourth-order valence-electron chi connectivity index (χ4n) is 2.89. The molecule has 1 atom stereocenters. The summed E-state index contributed by atoms with van der Waals surface area (Å²) in [5, 5.41) is 3.43. The van der Waals surface area contributed by atoms with E-state index in [0.29, 0.717) is 10.6 Å². The number of para-hydroxylation sites is 1. The van der Waals surface area contributed by atoms with Crippen LogP contribution in [0, 0.1) is 6.42 Å². The number of hydrogen-bond donors (Lipinski definition) is 2. The molecule has 1 aromatic carbocycles. The Morgan fingerprint density at radius 2 is 2.16 bits per heavy atom. The van der Waals surface area contributed by atoms with E-state index in [4.69, 9.17) is 10.5 Å². The molecule has 1 fully saturated rings. The van der Waals surface area contributed by atoms with Crippen molar-refractivity contribution in [3.8, 4) is 16.2 Å². The topological polar surface area (TPSA) is 94.3 Å². The third-order valence-electron chi connectivity index (χ3n) is 4.12. The van der Waals surface area contributed by atoms with Gasteiger partial charge in [-0.1, -0.05) is 18.6 Å². The monoisotopic (exact) mass is 358 g/mol. The van der Waals surface area contributed by atoms with Gasteiger partial charge in [0.1, 0.15) is 11.4 Å². The van der Waals surface area contributed by atoms with Gasteiger partial charge in [-0.15, -0.1) is 11.3 Å². The Bertz CT molecular complexity index is 782. The van der Waals surface area contributed by atoms with Crippen LogP contribution in [0.15, 0.2) is 24.3 Å². The lowest BCUT2D eigenvalue weighted by Crippen LogP contribution is -2.36. The Morgan fingerprint density at radius 1 is 1.36 bits per heavy atom. The molecule has 2 aromatic rings. The Balaban J connectivity index is 1.97. The number of hydrogen-bond acceptors (Lipinski definition) is 6. The van der Waals surface area contributed by atoms with Gasteiger partial charge in [0, 0.05) is 11.6 Å². The summed E-state index contributed by atoms with van der Waals surface area (Å²) in [7, 11) is 1.56. The van der Waals surface area contributed by atoms with Gasteiger partial charge in [-0.2, -0.15) is 0 Å². The third-order valence-corrected chi connectivity index (χ3v) is 5.23. The van der Waals surface area contributed by atoms with Crippen LogP contribution in [0.1, 0.15) is 39.6 Å². The minimum Gasteiger partial charge on any atom is -0.496 e. The number of nitrogens with one attached hydrogen (secondary N) is 1. The Morgan fingerprint density at radius 3 is 2.84 bits per heavy atom. The molecule has 0 spiro atoms. The normalized spacial score (nSPS) is 17.2. The fraction of sp³-hybridized carbons (Fsp3) is 0.333. The molecule has 1 aliphatic heterocycles. The third kappa shape index (κ3) is 3.88. The van der Waals surface area contributed by atoms with Crippen LogP contribution >= 0.6 is 11.3 Å². The number of Topliss-reactive ketones (excluding diaryl/α,β-unsaturated/α-hetero) is 1. The number of ether oxygens (including phenoxy) is 1. The van der Waals surface area contributed by atoms with Crippen LogP contribution in [0.2, 0.25) is 0 Å². The van der Waals surface area contributed by atoms with Crippen molar-refractivity contribution in [2.75, 3.05) is 13.7 Å². The van der Waals surface area contributed by atoms with Crippen molar-refractivity contribution in [3.05, 3.63) is 41.4 Å². The number of piperidine rings is 1. The summed E-state index contributed by atoms with van der Waals surface area (Å²) in [5.41, 5.74) is 6.34. The van der Waals surface area contributed by atoms with Gasteiger partial charge in [-0.3, -0.25) is 9.59 Å². The Hall–Kier alpha value is -2.25. The first-order valence-electron chi connectivity index (χ1n) is 8.16. The molecule has 1 aliphatic rings. The van der Waals surface area contributed by atoms with Gasteiger partial charge < -0.3 is 15.8 Å². The molecule has 6 nitrogen and oxygen atoms in total. The van der Waals surface area contributed by atoms with Crippen molar-refractivity contribution in [3.63, 3.8) is 0 Å². The number of rotatable bonds is 6.